The Morgan fingerprint density at radius 1 is 0.750 bits per heavy atom. The number of aromatic nitrogens is 2. The number of anilines is 2. The Labute approximate surface area is 186 Å². The summed E-state index contributed by atoms with van der Waals surface area (Å²) >= 11 is 0. The van der Waals surface area contributed by atoms with Gasteiger partial charge >= 0.3 is 11.9 Å². The number of hydrogen-bond acceptors (Lipinski definition) is 10. The van der Waals surface area contributed by atoms with E-state index in [1.54, 1.807) is 41.5 Å². The van der Waals surface area contributed by atoms with E-state index in [0.29, 0.717) is 0 Å². The van der Waals surface area contributed by atoms with E-state index in [1.165, 1.54) is 0 Å². The Bertz CT molecular complexity index is 791. The first-order valence-corrected chi connectivity index (χ1v) is 10.3. The van der Waals surface area contributed by atoms with Crippen LogP contribution in [0, 0.1) is 11.8 Å². The van der Waals surface area contributed by atoms with Gasteiger partial charge in [-0.1, -0.05) is 0 Å². The highest BCUT2D eigenvalue weighted by atomic mass is 16.5. The van der Waals surface area contributed by atoms with Gasteiger partial charge in [0.1, 0.15) is 0 Å². The molecule has 12 nitrogen and oxygen atoms in total. The van der Waals surface area contributed by atoms with Crippen molar-refractivity contribution < 1.29 is 28.7 Å². The van der Waals surface area contributed by atoms with Crippen LogP contribution in [-0.4, -0.2) is 59.0 Å². The molecule has 32 heavy (non-hydrogen) atoms. The molecule has 0 saturated carbocycles. The zero-order chi connectivity index (χ0) is 24.6. The van der Waals surface area contributed by atoms with Crippen LogP contribution in [0.2, 0.25) is 0 Å². The van der Waals surface area contributed by atoms with Crippen LogP contribution >= 0.6 is 0 Å². The highest BCUT2D eigenvalue weighted by Gasteiger charge is 2.28. The highest BCUT2D eigenvalue weighted by molar-refractivity contribution is 6.01. The second kappa shape index (κ2) is 11.8. The molecule has 0 spiro atoms. The van der Waals surface area contributed by atoms with Crippen molar-refractivity contribution in [1.29, 1.82) is 0 Å². The summed E-state index contributed by atoms with van der Waals surface area (Å²) in [6.07, 6.45) is 0. The molecule has 0 bridgehead atoms. The molecular weight excluding hydrogens is 420 g/mol. The van der Waals surface area contributed by atoms with Gasteiger partial charge in [0, 0.05) is 12.1 Å². The molecule has 4 atom stereocenters. The number of nitrogens with two attached hydrogens (primary N) is 2. The van der Waals surface area contributed by atoms with Crippen LogP contribution < -0.4 is 22.1 Å². The van der Waals surface area contributed by atoms with Gasteiger partial charge < -0.3 is 31.6 Å². The number of carbonyl (C=O) groups excluding carboxylic acids is 4. The maximum atomic E-state index is 12.5. The fourth-order valence-electron chi connectivity index (χ4n) is 2.55. The van der Waals surface area contributed by atoms with Crippen molar-refractivity contribution in [2.24, 2.45) is 11.8 Å². The van der Waals surface area contributed by atoms with Crippen LogP contribution in [0.5, 0.6) is 0 Å². The molecule has 2 amide bonds. The minimum Gasteiger partial charge on any atom is -0.466 e. The SMILES string of the molecule is CCOC(=O)C(C)C(C)NC(=O)c1nc(N)c(C(=O)NC(C)C(C)C(=O)OCC)nc1N. The summed E-state index contributed by atoms with van der Waals surface area (Å²) in [5.41, 5.74) is 11.1. The van der Waals surface area contributed by atoms with Crippen LogP contribution in [0.1, 0.15) is 62.5 Å². The minimum absolute atomic E-state index is 0.222. The predicted molar refractivity (Wildman–Crippen MR) is 116 cm³/mol. The third-order valence-corrected chi connectivity index (χ3v) is 4.91. The van der Waals surface area contributed by atoms with Crippen molar-refractivity contribution in [2.75, 3.05) is 24.7 Å². The third kappa shape index (κ3) is 6.79. The van der Waals surface area contributed by atoms with E-state index in [0.717, 1.165) is 0 Å². The smallest absolute Gasteiger partial charge is 0.310 e. The summed E-state index contributed by atoms with van der Waals surface area (Å²) in [6, 6.07) is -1.17. The van der Waals surface area contributed by atoms with Gasteiger partial charge in [0.2, 0.25) is 0 Å². The van der Waals surface area contributed by atoms with Crippen molar-refractivity contribution in [3.05, 3.63) is 11.4 Å². The van der Waals surface area contributed by atoms with E-state index in [4.69, 9.17) is 20.9 Å². The van der Waals surface area contributed by atoms with Gasteiger partial charge in [-0.05, 0) is 41.5 Å². The Kier molecular flexibility index (Phi) is 9.82. The van der Waals surface area contributed by atoms with Crippen molar-refractivity contribution in [3.8, 4) is 0 Å². The molecule has 0 aromatic carbocycles. The third-order valence-electron chi connectivity index (χ3n) is 4.91. The van der Waals surface area contributed by atoms with Crippen LogP contribution in [-0.2, 0) is 19.1 Å². The molecule has 0 aliphatic heterocycles. The molecule has 4 unspecified atom stereocenters. The van der Waals surface area contributed by atoms with Gasteiger partial charge in [0.25, 0.3) is 11.8 Å². The molecule has 1 heterocycles. The van der Waals surface area contributed by atoms with Gasteiger partial charge in [-0.15, -0.1) is 0 Å². The first kappa shape index (κ1) is 26.6. The zero-order valence-electron chi connectivity index (χ0n) is 19.2. The number of esters is 2. The number of nitrogens with one attached hydrogen (secondary N) is 2. The maximum absolute atomic E-state index is 12.5. The Hall–Kier alpha value is -3.44. The Morgan fingerprint density at radius 2 is 1.06 bits per heavy atom. The Morgan fingerprint density at radius 3 is 1.34 bits per heavy atom. The lowest BCUT2D eigenvalue weighted by Gasteiger charge is -2.21. The molecule has 6 N–H and O–H groups in total. The molecule has 1 aromatic rings. The number of rotatable bonds is 10. The topological polar surface area (TPSA) is 189 Å². The van der Waals surface area contributed by atoms with E-state index in [9.17, 15) is 19.2 Å². The van der Waals surface area contributed by atoms with Gasteiger partial charge in [-0.2, -0.15) is 0 Å². The maximum Gasteiger partial charge on any atom is 0.310 e. The molecule has 0 aliphatic rings. The molecule has 12 heteroatoms. The van der Waals surface area contributed by atoms with Crippen molar-refractivity contribution in [2.45, 2.75) is 53.6 Å². The zero-order valence-corrected chi connectivity index (χ0v) is 19.2. The van der Waals surface area contributed by atoms with E-state index >= 15 is 0 Å². The summed E-state index contributed by atoms with van der Waals surface area (Å²) < 4.78 is 9.87. The molecule has 1 rings (SSSR count). The molecule has 0 fully saturated rings. The number of amides is 2. The van der Waals surface area contributed by atoms with E-state index in [2.05, 4.69) is 20.6 Å². The quantitative estimate of drug-likeness (QED) is 0.359. The summed E-state index contributed by atoms with van der Waals surface area (Å²) in [6.45, 7) is 10.3. The van der Waals surface area contributed by atoms with Crippen molar-refractivity contribution in [3.63, 3.8) is 0 Å². The normalized spacial score (nSPS) is 14.4. The molecule has 178 valence electrons. The van der Waals surface area contributed by atoms with E-state index in [-0.39, 0.29) is 36.2 Å². The molecule has 0 aliphatic carbocycles. The molecule has 0 radical (unpaired) electrons. The van der Waals surface area contributed by atoms with E-state index < -0.39 is 47.7 Å². The molecule has 1 aromatic heterocycles. The lowest BCUT2D eigenvalue weighted by Crippen LogP contribution is -2.42. The molecular formula is C20H32N6O6. The minimum atomic E-state index is -0.707. The van der Waals surface area contributed by atoms with Crippen LogP contribution in [0.25, 0.3) is 0 Å². The first-order valence-electron chi connectivity index (χ1n) is 10.3. The number of hydrogen-bond donors (Lipinski definition) is 4. The monoisotopic (exact) mass is 452 g/mol. The summed E-state index contributed by atoms with van der Waals surface area (Å²) in [7, 11) is 0. The highest BCUT2D eigenvalue weighted by Crippen LogP contribution is 2.15. The largest absolute Gasteiger partial charge is 0.466 e. The average molecular weight is 453 g/mol. The predicted octanol–water partition coefficient (Wildman–Crippen LogP) is 0.276. The average Bonchev–Trinajstić information content (AvgIpc) is 2.73. The van der Waals surface area contributed by atoms with Crippen LogP contribution in [0.4, 0.5) is 11.6 Å². The van der Waals surface area contributed by atoms with Gasteiger partial charge in [-0.25, -0.2) is 9.97 Å². The van der Waals surface area contributed by atoms with Crippen LogP contribution in [0.15, 0.2) is 0 Å². The van der Waals surface area contributed by atoms with Crippen molar-refractivity contribution >= 4 is 35.4 Å². The van der Waals surface area contributed by atoms with Gasteiger partial charge in [0.15, 0.2) is 23.0 Å². The van der Waals surface area contributed by atoms with Gasteiger partial charge in [-0.3, -0.25) is 19.2 Å². The van der Waals surface area contributed by atoms with Crippen LogP contribution in [0.3, 0.4) is 0 Å². The van der Waals surface area contributed by atoms with Gasteiger partial charge in [0.05, 0.1) is 25.0 Å². The lowest BCUT2D eigenvalue weighted by molar-refractivity contribution is -0.149. The number of carbonyl (C=O) groups is 4. The second-order valence-electron chi connectivity index (χ2n) is 7.30. The molecule has 0 saturated heterocycles. The first-order chi connectivity index (χ1) is 14.9. The summed E-state index contributed by atoms with van der Waals surface area (Å²) in [4.78, 5) is 56.6. The number of nitrogen functional groups attached to an aromatic ring is 2. The number of ether oxygens (including phenoxy) is 2. The fourth-order valence-corrected chi connectivity index (χ4v) is 2.55. The number of nitrogens with zero attached hydrogens (tertiary/aromatic N) is 2. The fraction of sp³-hybridized carbons (Fsp3) is 0.600. The second-order valence-corrected chi connectivity index (χ2v) is 7.30. The summed E-state index contributed by atoms with van der Waals surface area (Å²) in [5, 5.41) is 5.19. The summed E-state index contributed by atoms with van der Waals surface area (Å²) in [5.74, 6) is -4.19. The Balaban J connectivity index is 2.94. The lowest BCUT2D eigenvalue weighted by atomic mass is 10.0. The van der Waals surface area contributed by atoms with E-state index in [1.807, 2.05) is 0 Å². The standard InChI is InChI=1S/C20H32N6O6/c1-7-31-19(29)9(3)11(5)23-17(27)13-15(21)26-14(16(22)25-13)18(28)24-12(6)10(4)20(30)32-8-2/h9-12H,7-8H2,1-6H3,(H2,22,25)(H2,21,26)(H,23,27)(H,24,28). The van der Waals surface area contributed by atoms with Crippen molar-refractivity contribution in [1.82, 2.24) is 20.6 Å².